The van der Waals surface area contributed by atoms with E-state index in [1.54, 1.807) is 66.7 Å². The van der Waals surface area contributed by atoms with E-state index in [0.717, 1.165) is 5.56 Å². The summed E-state index contributed by atoms with van der Waals surface area (Å²) in [7, 11) is -3.38. The molecule has 3 aromatic rings. The third-order valence-electron chi connectivity index (χ3n) is 4.76. The van der Waals surface area contributed by atoms with Crippen molar-refractivity contribution in [1.82, 2.24) is 0 Å². The first-order valence-electron chi connectivity index (χ1n) is 8.71. The molecule has 1 aliphatic heterocycles. The van der Waals surface area contributed by atoms with Crippen molar-refractivity contribution >= 4 is 27.3 Å². The molecule has 4 rings (SSSR count). The second-order valence-corrected chi connectivity index (χ2v) is 8.67. The van der Waals surface area contributed by atoms with Gasteiger partial charge in [-0.05, 0) is 35.4 Å². The zero-order chi connectivity index (χ0) is 19.9. The van der Waals surface area contributed by atoms with E-state index in [-0.39, 0.29) is 23.1 Å². The molecule has 2 amide bonds. The van der Waals surface area contributed by atoms with E-state index in [1.165, 1.54) is 11.2 Å². The summed E-state index contributed by atoms with van der Waals surface area (Å²) in [5.74, 6) is -0.635. The average molecular weight is 391 g/mol. The minimum atomic E-state index is -3.38. The minimum Gasteiger partial charge on any atom is -0.274 e. The van der Waals surface area contributed by atoms with Crippen LogP contribution in [-0.2, 0) is 21.1 Å². The first kappa shape index (κ1) is 18.1. The molecule has 0 aromatic heterocycles. The van der Waals surface area contributed by atoms with Gasteiger partial charge in [0.2, 0.25) is 5.91 Å². The molecule has 0 bridgehead atoms. The maximum Gasteiger partial charge on any atom is 0.265 e. The smallest absolute Gasteiger partial charge is 0.265 e. The summed E-state index contributed by atoms with van der Waals surface area (Å²) < 4.78 is 24.1. The predicted molar refractivity (Wildman–Crippen MR) is 107 cm³/mol. The predicted octanol–water partition coefficient (Wildman–Crippen LogP) is 3.49. The zero-order valence-corrected chi connectivity index (χ0v) is 15.9. The Labute approximate surface area is 163 Å². The maximum absolute atomic E-state index is 12.8. The summed E-state index contributed by atoms with van der Waals surface area (Å²) in [4.78, 5) is 26.7. The van der Waals surface area contributed by atoms with Crippen LogP contribution >= 0.6 is 0 Å². The molecule has 3 aromatic carbocycles. The first-order valence-corrected chi connectivity index (χ1v) is 10.6. The summed E-state index contributed by atoms with van der Waals surface area (Å²) in [6, 6.07) is 20.6. The van der Waals surface area contributed by atoms with Crippen molar-refractivity contribution in [3.63, 3.8) is 0 Å². The molecule has 0 unspecified atom stereocenters. The number of nitrogens with zero attached hydrogens (tertiary/aromatic N) is 1. The monoisotopic (exact) mass is 391 g/mol. The van der Waals surface area contributed by atoms with Crippen molar-refractivity contribution in [2.45, 2.75) is 11.3 Å². The van der Waals surface area contributed by atoms with Gasteiger partial charge >= 0.3 is 0 Å². The second kappa shape index (κ2) is 6.73. The summed E-state index contributed by atoms with van der Waals surface area (Å²) in [6.45, 7) is 0. The van der Waals surface area contributed by atoms with Crippen LogP contribution in [0.3, 0.4) is 0 Å². The molecule has 28 heavy (non-hydrogen) atoms. The van der Waals surface area contributed by atoms with Crippen LogP contribution in [0.15, 0.2) is 77.7 Å². The highest BCUT2D eigenvalue weighted by atomic mass is 32.2. The molecule has 1 aliphatic rings. The molecule has 0 saturated carbocycles. The topological polar surface area (TPSA) is 71.5 Å². The first-order chi connectivity index (χ1) is 13.4. The number of amides is 2. The van der Waals surface area contributed by atoms with Gasteiger partial charge < -0.3 is 0 Å². The van der Waals surface area contributed by atoms with E-state index in [2.05, 4.69) is 0 Å². The fraction of sp³-hybridized carbons (Fsp3) is 0.0909. The average Bonchev–Trinajstić information content (AvgIpc) is 2.68. The van der Waals surface area contributed by atoms with Gasteiger partial charge in [0, 0.05) is 17.4 Å². The molecule has 6 heteroatoms. The molecule has 140 valence electrons. The Kier molecular flexibility index (Phi) is 4.35. The number of carbonyl (C=O) groups is 2. The molecule has 0 aliphatic carbocycles. The lowest BCUT2D eigenvalue weighted by Crippen LogP contribution is -2.42. The van der Waals surface area contributed by atoms with Gasteiger partial charge in [0.15, 0.2) is 9.84 Å². The van der Waals surface area contributed by atoms with Crippen molar-refractivity contribution in [3.8, 4) is 11.1 Å². The van der Waals surface area contributed by atoms with Gasteiger partial charge in [0.25, 0.3) is 5.91 Å². The van der Waals surface area contributed by atoms with Crippen LogP contribution in [0.1, 0.15) is 15.9 Å². The van der Waals surface area contributed by atoms with Gasteiger partial charge in [-0.3, -0.25) is 9.59 Å². The third kappa shape index (κ3) is 3.12. The highest BCUT2D eigenvalue weighted by molar-refractivity contribution is 7.90. The van der Waals surface area contributed by atoms with Crippen molar-refractivity contribution in [3.05, 3.63) is 83.9 Å². The Hall–Kier alpha value is -3.25. The van der Waals surface area contributed by atoms with E-state index in [9.17, 15) is 18.0 Å². The quantitative estimate of drug-likeness (QED) is 0.641. The largest absolute Gasteiger partial charge is 0.274 e. The zero-order valence-electron chi connectivity index (χ0n) is 15.1. The number of hydrogen-bond acceptors (Lipinski definition) is 4. The number of fused-ring (bicyclic) bond motifs is 1. The number of hydrogen-bond donors (Lipinski definition) is 0. The fourth-order valence-corrected chi connectivity index (χ4v) is 4.35. The van der Waals surface area contributed by atoms with Gasteiger partial charge in [0.1, 0.15) is 0 Å². The number of anilines is 1. The molecule has 0 spiro atoms. The number of rotatable bonds is 3. The highest BCUT2D eigenvalue weighted by Crippen LogP contribution is 2.31. The van der Waals surface area contributed by atoms with Gasteiger partial charge in [-0.25, -0.2) is 13.3 Å². The fourth-order valence-electron chi connectivity index (χ4n) is 3.44. The lowest BCUT2D eigenvalue weighted by atomic mass is 9.97. The van der Waals surface area contributed by atoms with Crippen molar-refractivity contribution in [2.75, 3.05) is 11.2 Å². The Bertz CT molecular complexity index is 1200. The standard InChI is InChI=1S/C22H17NO4S/c1-28(26,27)20-9-5-4-7-18(20)15-10-12-17(13-11-15)23-21(24)14-16-6-2-3-8-19(16)22(23)25/h2-13H,14H2,1H3. The van der Waals surface area contributed by atoms with Crippen LogP contribution in [0.5, 0.6) is 0 Å². The van der Waals surface area contributed by atoms with Crippen LogP contribution in [-0.4, -0.2) is 26.5 Å². The van der Waals surface area contributed by atoms with Gasteiger partial charge in [-0.1, -0.05) is 48.5 Å². The van der Waals surface area contributed by atoms with E-state index in [0.29, 0.717) is 22.4 Å². The van der Waals surface area contributed by atoms with E-state index in [4.69, 9.17) is 0 Å². The lowest BCUT2D eigenvalue weighted by molar-refractivity contribution is -0.117. The molecule has 0 saturated heterocycles. The Morgan fingerprint density at radius 3 is 2.07 bits per heavy atom. The molecule has 0 radical (unpaired) electrons. The maximum atomic E-state index is 12.8. The molecule has 1 heterocycles. The minimum absolute atomic E-state index is 0.167. The van der Waals surface area contributed by atoms with E-state index in [1.807, 2.05) is 6.07 Å². The number of sulfone groups is 1. The SMILES string of the molecule is CS(=O)(=O)c1ccccc1-c1ccc(N2C(=O)Cc3ccccc3C2=O)cc1. The van der Waals surface area contributed by atoms with Crippen LogP contribution in [0, 0.1) is 0 Å². The molecule has 5 nitrogen and oxygen atoms in total. The molecule has 0 fully saturated rings. The summed E-state index contributed by atoms with van der Waals surface area (Å²) >= 11 is 0. The van der Waals surface area contributed by atoms with Gasteiger partial charge in [-0.15, -0.1) is 0 Å². The molecule has 0 N–H and O–H groups in total. The Morgan fingerprint density at radius 1 is 0.786 bits per heavy atom. The van der Waals surface area contributed by atoms with Crippen LogP contribution in [0.2, 0.25) is 0 Å². The van der Waals surface area contributed by atoms with Crippen molar-refractivity contribution < 1.29 is 18.0 Å². The molecular formula is C22H17NO4S. The number of carbonyl (C=O) groups excluding carboxylic acids is 2. The number of imide groups is 1. The normalized spacial score (nSPS) is 14.1. The molecule has 0 atom stereocenters. The van der Waals surface area contributed by atoms with Gasteiger partial charge in [-0.2, -0.15) is 0 Å². The van der Waals surface area contributed by atoms with Crippen LogP contribution < -0.4 is 4.90 Å². The lowest BCUT2D eigenvalue weighted by Gasteiger charge is -2.27. The summed E-state index contributed by atoms with van der Waals surface area (Å²) in [5, 5.41) is 0. The Balaban J connectivity index is 1.72. The van der Waals surface area contributed by atoms with E-state index >= 15 is 0 Å². The summed E-state index contributed by atoms with van der Waals surface area (Å²) in [5.41, 5.74) is 2.99. The third-order valence-corrected chi connectivity index (χ3v) is 5.92. The van der Waals surface area contributed by atoms with Gasteiger partial charge in [0.05, 0.1) is 17.0 Å². The van der Waals surface area contributed by atoms with Crippen molar-refractivity contribution in [2.24, 2.45) is 0 Å². The van der Waals surface area contributed by atoms with E-state index < -0.39 is 9.84 Å². The summed E-state index contributed by atoms with van der Waals surface area (Å²) in [6.07, 6.45) is 1.34. The molecular weight excluding hydrogens is 374 g/mol. The van der Waals surface area contributed by atoms with Crippen molar-refractivity contribution in [1.29, 1.82) is 0 Å². The second-order valence-electron chi connectivity index (χ2n) is 6.68. The number of benzene rings is 3. The van der Waals surface area contributed by atoms with Crippen LogP contribution in [0.4, 0.5) is 5.69 Å². The van der Waals surface area contributed by atoms with Crippen LogP contribution in [0.25, 0.3) is 11.1 Å². The Morgan fingerprint density at radius 2 is 1.39 bits per heavy atom. The highest BCUT2D eigenvalue weighted by Gasteiger charge is 2.31.